The van der Waals surface area contributed by atoms with Crippen LogP contribution in [-0.4, -0.2) is 46.4 Å². The van der Waals surface area contributed by atoms with E-state index in [1.807, 2.05) is 78.9 Å². The summed E-state index contributed by atoms with van der Waals surface area (Å²) >= 11 is 27.3. The van der Waals surface area contributed by atoms with Crippen molar-refractivity contribution in [1.29, 1.82) is 0 Å². The molecule has 3 aliphatic heterocycles. The van der Waals surface area contributed by atoms with Crippen molar-refractivity contribution in [3.63, 3.8) is 0 Å². The van der Waals surface area contributed by atoms with Crippen LogP contribution in [0.5, 0.6) is 0 Å². The second-order valence-corrected chi connectivity index (χ2v) is 14.4. The molecule has 1 fully saturated rings. The van der Waals surface area contributed by atoms with Gasteiger partial charge in [-0.15, -0.1) is 0 Å². The molecule has 0 unspecified atom stereocenters. The van der Waals surface area contributed by atoms with Crippen LogP contribution >= 0.6 is 46.4 Å². The molecule has 10 heteroatoms. The van der Waals surface area contributed by atoms with Gasteiger partial charge in [0.15, 0.2) is 0 Å². The predicted molar refractivity (Wildman–Crippen MR) is 199 cm³/mol. The normalized spacial score (nSPS) is 24.6. The van der Waals surface area contributed by atoms with Gasteiger partial charge < -0.3 is 9.68 Å². The van der Waals surface area contributed by atoms with Gasteiger partial charge in [0.05, 0.1) is 31.9 Å². The summed E-state index contributed by atoms with van der Waals surface area (Å²) in [6.07, 6.45) is 0. The summed E-state index contributed by atoms with van der Waals surface area (Å²) in [5.41, 5.74) is 1.47. The Labute approximate surface area is 309 Å². The van der Waals surface area contributed by atoms with Crippen molar-refractivity contribution in [2.24, 2.45) is 10.3 Å². The topological polar surface area (TPSA) is 63.5 Å². The van der Waals surface area contributed by atoms with Crippen LogP contribution in [0.15, 0.2) is 138 Å². The predicted octanol–water partition coefficient (Wildman–Crippen LogP) is 9.60. The highest BCUT2D eigenvalue weighted by Gasteiger charge is 2.71. The van der Waals surface area contributed by atoms with Gasteiger partial charge in [0.25, 0.3) is 0 Å². The Kier molecular flexibility index (Phi) is 8.70. The third-order valence-electron chi connectivity index (χ3n) is 9.73. The number of benzene rings is 5. The van der Waals surface area contributed by atoms with Gasteiger partial charge in [0.1, 0.15) is 11.4 Å². The van der Waals surface area contributed by atoms with Crippen molar-refractivity contribution >= 4 is 63.6 Å². The summed E-state index contributed by atoms with van der Waals surface area (Å²) in [4.78, 5) is 31.2. The van der Waals surface area contributed by atoms with Gasteiger partial charge in [0.2, 0.25) is 17.0 Å². The summed E-state index contributed by atoms with van der Waals surface area (Å²) in [5, 5.41) is 10.9. The van der Waals surface area contributed by atoms with Crippen molar-refractivity contribution < 1.29 is 14.5 Å². The average molecular weight is 742 g/mol. The SMILES string of the molecule is O=C1[C@@]2(CN(Cc3ccccc3)C[C@@]13ON=C(c1c(Cl)cccc1Cl)[C@@H]3c1ccccc1)ON=C(c1c(Cl)cccc1Cl)[C@@H]2c1ccccc1. The van der Waals surface area contributed by atoms with Gasteiger partial charge in [-0.3, -0.25) is 9.69 Å². The summed E-state index contributed by atoms with van der Waals surface area (Å²) in [6.45, 7) is 0.895. The van der Waals surface area contributed by atoms with Crippen LogP contribution in [0, 0.1) is 0 Å². The minimum Gasteiger partial charge on any atom is -0.378 e. The molecule has 5 aromatic rings. The average Bonchev–Trinajstić information content (AvgIpc) is 3.67. The molecular weight excluding hydrogens is 712 g/mol. The molecule has 0 N–H and O–H groups in total. The van der Waals surface area contributed by atoms with Crippen molar-refractivity contribution in [3.8, 4) is 0 Å². The maximum Gasteiger partial charge on any atom is 0.230 e. The molecule has 3 heterocycles. The lowest BCUT2D eigenvalue weighted by Crippen LogP contribution is -2.70. The fourth-order valence-corrected chi connectivity index (χ4v) is 8.87. The largest absolute Gasteiger partial charge is 0.378 e. The highest BCUT2D eigenvalue weighted by atomic mass is 35.5. The first kappa shape index (κ1) is 33.0. The number of nitrogens with zero attached hydrogens (tertiary/aromatic N) is 3. The van der Waals surface area contributed by atoms with Crippen molar-refractivity contribution in [1.82, 2.24) is 4.90 Å². The number of likely N-dealkylation sites (tertiary alicyclic amines) is 1. The molecule has 5 aromatic carbocycles. The summed E-state index contributed by atoms with van der Waals surface area (Å²) in [7, 11) is 0. The number of ketones is 1. The molecular formula is C40H29Cl4N3O3. The number of piperidine rings is 1. The van der Waals surface area contributed by atoms with Gasteiger partial charge in [-0.1, -0.05) is 160 Å². The third kappa shape index (κ3) is 5.42. The summed E-state index contributed by atoms with van der Waals surface area (Å²) < 4.78 is 0. The summed E-state index contributed by atoms with van der Waals surface area (Å²) in [6, 6.07) is 40.1. The van der Waals surface area contributed by atoms with E-state index in [0.29, 0.717) is 49.2 Å². The van der Waals surface area contributed by atoms with E-state index in [1.54, 1.807) is 36.4 Å². The maximum atomic E-state index is 15.9. The number of carbonyl (C=O) groups is 1. The highest BCUT2D eigenvalue weighted by Crippen LogP contribution is 2.54. The Morgan fingerprint density at radius 3 is 1.34 bits per heavy atom. The standard InChI is InChI=1S/C40H29Cl4N3O3/c41-28-18-10-19-29(42)32(28)36-34(26-14-6-2-7-15-26)39(49-45-36)23-47(22-25-12-4-1-5-13-25)24-40(38(39)48)35(27-16-8-3-9-17-27)37(46-50-40)33-30(43)20-11-21-31(33)44/h1-21,34-35H,22-24H2/t34-,35-,39-,40-/m0/s1. The van der Waals surface area contributed by atoms with E-state index < -0.39 is 23.0 Å². The molecule has 50 heavy (non-hydrogen) atoms. The molecule has 8 rings (SSSR count). The Hall–Kier alpha value is -4.17. The lowest BCUT2D eigenvalue weighted by molar-refractivity contribution is -0.186. The Morgan fingerprint density at radius 2 is 0.940 bits per heavy atom. The van der Waals surface area contributed by atoms with Gasteiger partial charge >= 0.3 is 0 Å². The molecule has 0 amide bonds. The monoisotopic (exact) mass is 739 g/mol. The zero-order chi connectivity index (χ0) is 34.5. The van der Waals surface area contributed by atoms with E-state index in [4.69, 9.17) is 56.1 Å². The first-order chi connectivity index (χ1) is 24.3. The van der Waals surface area contributed by atoms with Crippen molar-refractivity contribution in [3.05, 3.63) is 175 Å². The fraction of sp³-hybridized carbons (Fsp3) is 0.175. The van der Waals surface area contributed by atoms with Gasteiger partial charge in [0, 0.05) is 30.8 Å². The number of Topliss-reactive ketones (excluding diaryl/α,β-unsaturated/α-hetero) is 1. The van der Waals surface area contributed by atoms with E-state index in [9.17, 15) is 0 Å². The zero-order valence-corrected chi connectivity index (χ0v) is 29.5. The first-order valence-corrected chi connectivity index (χ1v) is 17.7. The lowest BCUT2D eigenvalue weighted by atomic mass is 9.63. The van der Waals surface area contributed by atoms with Gasteiger partial charge in [-0.25, -0.2) is 0 Å². The third-order valence-corrected chi connectivity index (χ3v) is 11.0. The van der Waals surface area contributed by atoms with E-state index in [0.717, 1.165) is 16.7 Å². The number of oxime groups is 2. The Morgan fingerprint density at radius 1 is 0.560 bits per heavy atom. The quantitative estimate of drug-likeness (QED) is 0.174. The van der Waals surface area contributed by atoms with E-state index in [1.165, 1.54) is 0 Å². The van der Waals surface area contributed by atoms with Crippen LogP contribution < -0.4 is 0 Å². The summed E-state index contributed by atoms with van der Waals surface area (Å²) in [5.74, 6) is -1.73. The van der Waals surface area contributed by atoms with Crippen molar-refractivity contribution in [2.75, 3.05) is 13.1 Å². The molecule has 0 aliphatic carbocycles. The van der Waals surface area contributed by atoms with E-state index >= 15 is 4.79 Å². The van der Waals surface area contributed by atoms with Gasteiger partial charge in [-0.05, 0) is 41.0 Å². The minimum atomic E-state index is -1.57. The first-order valence-electron chi connectivity index (χ1n) is 16.1. The van der Waals surface area contributed by atoms with E-state index in [2.05, 4.69) is 27.3 Å². The number of hydrogen-bond acceptors (Lipinski definition) is 6. The number of rotatable bonds is 6. The molecule has 0 radical (unpaired) electrons. The molecule has 0 aromatic heterocycles. The Balaban J connectivity index is 1.35. The molecule has 6 nitrogen and oxygen atoms in total. The molecule has 0 bridgehead atoms. The van der Waals surface area contributed by atoms with Crippen LogP contribution in [0.1, 0.15) is 39.7 Å². The number of hydrogen-bond donors (Lipinski definition) is 0. The number of halogens is 4. The van der Waals surface area contributed by atoms with Gasteiger partial charge in [-0.2, -0.15) is 0 Å². The van der Waals surface area contributed by atoms with E-state index in [-0.39, 0.29) is 18.9 Å². The zero-order valence-electron chi connectivity index (χ0n) is 26.5. The maximum absolute atomic E-state index is 15.9. The van der Waals surface area contributed by atoms with Crippen LogP contribution in [-0.2, 0) is 21.0 Å². The second kappa shape index (κ2) is 13.2. The second-order valence-electron chi connectivity index (χ2n) is 12.8. The Bertz CT molecular complexity index is 1980. The smallest absolute Gasteiger partial charge is 0.230 e. The minimum absolute atomic E-state index is 0.199. The van der Waals surface area contributed by atoms with Crippen LogP contribution in [0.3, 0.4) is 0 Å². The van der Waals surface area contributed by atoms with Crippen LogP contribution in [0.25, 0.3) is 0 Å². The molecule has 2 spiro atoms. The fourth-order valence-electron chi connectivity index (χ4n) is 7.68. The molecule has 4 atom stereocenters. The molecule has 250 valence electrons. The molecule has 3 aliphatic rings. The number of carbonyl (C=O) groups excluding carboxylic acids is 1. The lowest BCUT2D eigenvalue weighted by Gasteiger charge is -2.49. The molecule has 0 saturated carbocycles. The highest BCUT2D eigenvalue weighted by molar-refractivity contribution is 6.42. The van der Waals surface area contributed by atoms with Crippen LogP contribution in [0.2, 0.25) is 20.1 Å². The molecule has 1 saturated heterocycles. The van der Waals surface area contributed by atoms with Crippen molar-refractivity contribution in [2.45, 2.75) is 29.6 Å². The van der Waals surface area contributed by atoms with Crippen LogP contribution in [0.4, 0.5) is 0 Å².